The second-order valence-corrected chi connectivity index (χ2v) is 8.75. The number of hydrogen-bond donors (Lipinski definition) is 1. The zero-order valence-corrected chi connectivity index (χ0v) is 20.5. The van der Waals surface area contributed by atoms with Crippen molar-refractivity contribution in [2.45, 2.75) is 38.5 Å². The minimum Gasteiger partial charge on any atom is -0.459 e. The van der Waals surface area contributed by atoms with Crippen LogP contribution in [0.1, 0.15) is 35.7 Å². The number of carbonyl (C=O) groups excluding carboxylic acids is 1. The Morgan fingerprint density at radius 3 is 2.58 bits per heavy atom. The number of aryl methyl sites for hydroxylation is 1. The molecule has 0 fully saturated rings. The van der Waals surface area contributed by atoms with Crippen molar-refractivity contribution in [3.05, 3.63) is 76.7 Å². The molecule has 36 heavy (non-hydrogen) atoms. The van der Waals surface area contributed by atoms with Gasteiger partial charge in [0.1, 0.15) is 18.3 Å². The first-order valence-corrected chi connectivity index (χ1v) is 11.6. The number of benzene rings is 1. The zero-order chi connectivity index (χ0) is 25.7. The van der Waals surface area contributed by atoms with Crippen LogP contribution in [0.4, 0.5) is 0 Å². The van der Waals surface area contributed by atoms with E-state index in [1.54, 1.807) is 49.6 Å². The third kappa shape index (κ3) is 5.57. The van der Waals surface area contributed by atoms with E-state index in [9.17, 15) is 14.7 Å². The van der Waals surface area contributed by atoms with Gasteiger partial charge in [0.2, 0.25) is 0 Å². The summed E-state index contributed by atoms with van der Waals surface area (Å²) in [5, 5.41) is 15.7. The van der Waals surface area contributed by atoms with Gasteiger partial charge in [-0.1, -0.05) is 19.1 Å². The SMILES string of the molecule is CCC(O)(CCN(C)C(=O)c1ccc(COc2ncccn2)cc1)Cn1cnc2c(cnn2C)c1=O. The highest BCUT2D eigenvalue weighted by molar-refractivity contribution is 5.94. The zero-order valence-electron chi connectivity index (χ0n) is 20.5. The number of aromatic nitrogens is 6. The normalized spacial score (nSPS) is 12.9. The lowest BCUT2D eigenvalue weighted by atomic mass is 9.95. The van der Waals surface area contributed by atoms with Gasteiger partial charge in [-0.2, -0.15) is 5.10 Å². The van der Waals surface area contributed by atoms with Crippen LogP contribution < -0.4 is 10.3 Å². The summed E-state index contributed by atoms with van der Waals surface area (Å²) in [6.45, 7) is 2.53. The van der Waals surface area contributed by atoms with Gasteiger partial charge in [-0.15, -0.1) is 0 Å². The molecule has 11 nitrogen and oxygen atoms in total. The van der Waals surface area contributed by atoms with Gasteiger partial charge in [0.15, 0.2) is 5.65 Å². The number of ether oxygens (including phenoxy) is 1. The van der Waals surface area contributed by atoms with Crippen LogP contribution in [0.2, 0.25) is 0 Å². The van der Waals surface area contributed by atoms with Crippen molar-refractivity contribution in [1.29, 1.82) is 0 Å². The fourth-order valence-corrected chi connectivity index (χ4v) is 3.81. The first kappa shape index (κ1) is 25.0. The third-order valence-corrected chi connectivity index (χ3v) is 6.21. The summed E-state index contributed by atoms with van der Waals surface area (Å²) >= 11 is 0. The summed E-state index contributed by atoms with van der Waals surface area (Å²) in [6, 6.07) is 9.12. The number of carbonyl (C=O) groups is 1. The van der Waals surface area contributed by atoms with Gasteiger partial charge in [0, 0.05) is 38.6 Å². The third-order valence-electron chi connectivity index (χ3n) is 6.21. The van der Waals surface area contributed by atoms with E-state index < -0.39 is 5.60 Å². The predicted octanol–water partition coefficient (Wildman–Crippen LogP) is 1.80. The average Bonchev–Trinajstić information content (AvgIpc) is 3.29. The number of aliphatic hydroxyl groups is 1. The average molecular weight is 492 g/mol. The molecule has 0 spiro atoms. The highest BCUT2D eigenvalue weighted by Gasteiger charge is 2.28. The Labute approximate surface area is 208 Å². The molecule has 3 aromatic heterocycles. The first-order chi connectivity index (χ1) is 17.3. The van der Waals surface area contributed by atoms with Crippen LogP contribution in [0, 0.1) is 0 Å². The molecule has 188 valence electrons. The Bertz CT molecular complexity index is 1390. The van der Waals surface area contributed by atoms with E-state index in [1.807, 2.05) is 19.1 Å². The molecule has 4 rings (SSSR count). The summed E-state index contributed by atoms with van der Waals surface area (Å²) in [5.74, 6) is -0.164. The summed E-state index contributed by atoms with van der Waals surface area (Å²) in [7, 11) is 3.41. The van der Waals surface area contributed by atoms with Crippen molar-refractivity contribution in [3.8, 4) is 6.01 Å². The summed E-state index contributed by atoms with van der Waals surface area (Å²) in [6.07, 6.45) is 6.82. The predicted molar refractivity (Wildman–Crippen MR) is 132 cm³/mol. The molecular weight excluding hydrogens is 462 g/mol. The topological polar surface area (TPSA) is 128 Å². The van der Waals surface area contributed by atoms with Crippen LogP contribution in [-0.2, 0) is 20.2 Å². The minimum absolute atomic E-state index is 0.0715. The lowest BCUT2D eigenvalue weighted by Gasteiger charge is -2.29. The molecule has 0 aliphatic carbocycles. The van der Waals surface area contributed by atoms with Crippen molar-refractivity contribution < 1.29 is 14.6 Å². The molecule has 4 aromatic rings. The Morgan fingerprint density at radius 1 is 1.17 bits per heavy atom. The van der Waals surface area contributed by atoms with Crippen LogP contribution in [0.15, 0.2) is 60.0 Å². The Morgan fingerprint density at radius 2 is 1.89 bits per heavy atom. The summed E-state index contributed by atoms with van der Waals surface area (Å²) in [5.41, 5.74) is 0.461. The molecule has 0 saturated heterocycles. The van der Waals surface area contributed by atoms with Crippen molar-refractivity contribution in [3.63, 3.8) is 0 Å². The second kappa shape index (κ2) is 10.6. The Kier molecular flexibility index (Phi) is 7.39. The van der Waals surface area contributed by atoms with Gasteiger partial charge in [-0.05, 0) is 36.6 Å². The minimum atomic E-state index is -1.18. The smallest absolute Gasteiger partial charge is 0.316 e. The van der Waals surface area contributed by atoms with Gasteiger partial charge in [-0.3, -0.25) is 18.8 Å². The number of hydrogen-bond acceptors (Lipinski definition) is 8. The van der Waals surface area contributed by atoms with Gasteiger partial charge >= 0.3 is 6.01 Å². The number of amides is 1. The van der Waals surface area contributed by atoms with Crippen molar-refractivity contribution in [2.24, 2.45) is 7.05 Å². The largest absolute Gasteiger partial charge is 0.459 e. The molecule has 1 unspecified atom stereocenters. The molecule has 0 saturated carbocycles. The maximum absolute atomic E-state index is 12.9. The molecule has 1 atom stereocenters. The van der Waals surface area contributed by atoms with Gasteiger partial charge < -0.3 is 14.7 Å². The molecule has 1 aromatic carbocycles. The summed E-state index contributed by atoms with van der Waals surface area (Å²) in [4.78, 5) is 39.6. The lowest BCUT2D eigenvalue weighted by Crippen LogP contribution is -2.41. The number of rotatable bonds is 10. The monoisotopic (exact) mass is 491 g/mol. The molecule has 0 aliphatic heterocycles. The Hall–Kier alpha value is -4.12. The molecule has 1 N–H and O–H groups in total. The van der Waals surface area contributed by atoms with E-state index in [0.29, 0.717) is 42.0 Å². The molecule has 1 amide bonds. The van der Waals surface area contributed by atoms with E-state index in [2.05, 4.69) is 20.1 Å². The van der Waals surface area contributed by atoms with Crippen molar-refractivity contribution in [1.82, 2.24) is 34.2 Å². The van der Waals surface area contributed by atoms with E-state index in [1.165, 1.54) is 21.8 Å². The van der Waals surface area contributed by atoms with E-state index >= 15 is 0 Å². The van der Waals surface area contributed by atoms with E-state index in [4.69, 9.17) is 4.74 Å². The van der Waals surface area contributed by atoms with Crippen molar-refractivity contribution in [2.75, 3.05) is 13.6 Å². The maximum Gasteiger partial charge on any atom is 0.316 e. The highest BCUT2D eigenvalue weighted by atomic mass is 16.5. The molecule has 3 heterocycles. The summed E-state index contributed by atoms with van der Waals surface area (Å²) < 4.78 is 8.46. The van der Waals surface area contributed by atoms with Crippen molar-refractivity contribution >= 4 is 16.9 Å². The van der Waals surface area contributed by atoms with Crippen LogP contribution in [0.25, 0.3) is 11.0 Å². The lowest BCUT2D eigenvalue weighted by molar-refractivity contribution is 0.00325. The van der Waals surface area contributed by atoms with Gasteiger partial charge in [-0.25, -0.2) is 15.0 Å². The molecule has 11 heteroatoms. The quantitative estimate of drug-likeness (QED) is 0.356. The standard InChI is InChI=1S/C25H29N7O4/c1-4-25(35,16-32-17-28-21-20(23(32)34)14-29-31(21)3)10-13-30(2)22(33)19-8-6-18(7-9-19)15-36-24-26-11-5-12-27-24/h5-9,11-12,14,17,35H,4,10,13,15-16H2,1-3H3. The van der Waals surface area contributed by atoms with Crippen LogP contribution in [0.3, 0.4) is 0 Å². The van der Waals surface area contributed by atoms with Crippen LogP contribution in [-0.4, -0.2) is 64.4 Å². The molecule has 0 radical (unpaired) electrons. The van der Waals surface area contributed by atoms with Crippen LogP contribution >= 0.6 is 0 Å². The van der Waals surface area contributed by atoms with Gasteiger partial charge in [0.25, 0.3) is 11.5 Å². The highest BCUT2D eigenvalue weighted by Crippen LogP contribution is 2.19. The Balaban J connectivity index is 1.35. The molecule has 0 aliphatic rings. The van der Waals surface area contributed by atoms with E-state index in [-0.39, 0.29) is 24.6 Å². The van der Waals surface area contributed by atoms with Crippen LogP contribution in [0.5, 0.6) is 6.01 Å². The van der Waals surface area contributed by atoms with Gasteiger partial charge in [0.05, 0.1) is 18.3 Å². The fraction of sp³-hybridized carbons (Fsp3) is 0.360. The number of nitrogens with zero attached hydrogens (tertiary/aromatic N) is 7. The first-order valence-electron chi connectivity index (χ1n) is 11.6. The number of fused-ring (bicyclic) bond motifs is 1. The molecule has 0 bridgehead atoms. The fourth-order valence-electron chi connectivity index (χ4n) is 3.81. The maximum atomic E-state index is 12.9. The second-order valence-electron chi connectivity index (χ2n) is 8.75. The van der Waals surface area contributed by atoms with E-state index in [0.717, 1.165) is 5.56 Å². The molecular formula is C25H29N7O4.